The second kappa shape index (κ2) is 10.2. The molecule has 4 aromatic carbocycles. The van der Waals surface area contributed by atoms with Gasteiger partial charge in [0.05, 0.1) is 21.3 Å². The maximum Gasteiger partial charge on any atom is 0.268 e. The van der Waals surface area contributed by atoms with E-state index < -0.39 is 26.1 Å². The van der Waals surface area contributed by atoms with Gasteiger partial charge >= 0.3 is 0 Å². The van der Waals surface area contributed by atoms with Gasteiger partial charge in [0.25, 0.3) is 10.0 Å². The van der Waals surface area contributed by atoms with Crippen LogP contribution in [0.15, 0.2) is 119 Å². The van der Waals surface area contributed by atoms with Crippen LogP contribution in [0.5, 0.6) is 0 Å². The van der Waals surface area contributed by atoms with E-state index in [4.69, 9.17) is 0 Å². The molecule has 38 heavy (non-hydrogen) atoms. The molecule has 1 atom stereocenters. The number of para-hydroxylation sites is 1. The lowest BCUT2D eigenvalue weighted by Crippen LogP contribution is -2.30. The van der Waals surface area contributed by atoms with Crippen LogP contribution < -0.4 is 4.72 Å². The second-order valence-corrected chi connectivity index (χ2v) is 12.9. The monoisotopic (exact) mass is 544 g/mol. The normalized spacial score (nSPS) is 13.0. The van der Waals surface area contributed by atoms with Crippen molar-refractivity contribution in [3.8, 4) is 0 Å². The summed E-state index contributed by atoms with van der Waals surface area (Å²) >= 11 is 0. The zero-order valence-corrected chi connectivity index (χ0v) is 22.7. The van der Waals surface area contributed by atoms with Crippen LogP contribution in [-0.4, -0.2) is 20.8 Å². The van der Waals surface area contributed by atoms with Gasteiger partial charge in [-0.15, -0.1) is 0 Å². The van der Waals surface area contributed by atoms with Gasteiger partial charge in [-0.2, -0.15) is 0 Å². The highest BCUT2D eigenvalue weighted by Gasteiger charge is 2.26. The molecular weight excluding hydrogens is 516 g/mol. The average molecular weight is 545 g/mol. The fourth-order valence-electron chi connectivity index (χ4n) is 4.51. The molecule has 0 bridgehead atoms. The molecule has 0 radical (unpaired) electrons. The quantitative estimate of drug-likeness (QED) is 0.269. The van der Waals surface area contributed by atoms with Crippen LogP contribution >= 0.6 is 0 Å². The van der Waals surface area contributed by atoms with Gasteiger partial charge in [-0.1, -0.05) is 83.9 Å². The van der Waals surface area contributed by atoms with E-state index in [9.17, 15) is 16.8 Å². The summed E-state index contributed by atoms with van der Waals surface area (Å²) in [6.07, 6.45) is 1.86. The van der Waals surface area contributed by atoms with E-state index >= 15 is 0 Å². The van der Waals surface area contributed by atoms with Crippen molar-refractivity contribution in [3.63, 3.8) is 0 Å². The molecule has 0 amide bonds. The number of nitrogens with zero attached hydrogens (tertiary/aromatic N) is 1. The van der Waals surface area contributed by atoms with Crippen molar-refractivity contribution < 1.29 is 16.8 Å². The summed E-state index contributed by atoms with van der Waals surface area (Å²) in [7, 11) is -7.71. The largest absolute Gasteiger partial charge is 0.268 e. The molecular formula is C30H28N2O4S2. The number of fused-ring (bicyclic) bond motifs is 1. The summed E-state index contributed by atoms with van der Waals surface area (Å²) in [6.45, 7) is 3.80. The molecule has 0 aliphatic heterocycles. The van der Waals surface area contributed by atoms with E-state index in [1.807, 2.05) is 56.3 Å². The number of rotatable bonds is 8. The Bertz CT molecular complexity index is 1790. The van der Waals surface area contributed by atoms with Gasteiger partial charge in [-0.25, -0.2) is 25.5 Å². The third-order valence-corrected chi connectivity index (χ3v) is 9.77. The third kappa shape index (κ3) is 5.15. The summed E-state index contributed by atoms with van der Waals surface area (Å²) in [5.74, 6) is 0. The SMILES string of the molecule is Cc1ccc(S(=O)(=O)NC(Cc2cn(S(=O)(=O)c3ccc(C)cc3)c3ccccc23)c2ccccc2)cc1. The molecule has 0 aliphatic rings. The molecule has 0 saturated carbocycles. The molecule has 1 unspecified atom stereocenters. The van der Waals surface area contributed by atoms with Crippen LogP contribution in [0.1, 0.15) is 28.3 Å². The minimum absolute atomic E-state index is 0.174. The summed E-state index contributed by atoms with van der Waals surface area (Å²) < 4.78 is 58.1. The van der Waals surface area contributed by atoms with Crippen molar-refractivity contribution in [1.29, 1.82) is 0 Å². The maximum absolute atomic E-state index is 13.6. The maximum atomic E-state index is 13.6. The second-order valence-electron chi connectivity index (χ2n) is 9.39. The number of hydrogen-bond donors (Lipinski definition) is 1. The average Bonchev–Trinajstić information content (AvgIpc) is 3.28. The molecule has 1 aromatic heterocycles. The van der Waals surface area contributed by atoms with Crippen molar-refractivity contribution in [3.05, 3.63) is 132 Å². The number of aromatic nitrogens is 1. The van der Waals surface area contributed by atoms with Crippen LogP contribution in [-0.2, 0) is 26.5 Å². The molecule has 194 valence electrons. The van der Waals surface area contributed by atoms with Crippen LogP contribution in [0, 0.1) is 13.8 Å². The smallest absolute Gasteiger partial charge is 0.241 e. The topological polar surface area (TPSA) is 85.2 Å². The van der Waals surface area contributed by atoms with Gasteiger partial charge < -0.3 is 0 Å². The number of hydrogen-bond acceptors (Lipinski definition) is 4. The molecule has 0 spiro atoms. The van der Waals surface area contributed by atoms with Gasteiger partial charge in [0.15, 0.2) is 0 Å². The number of benzene rings is 4. The standard InChI is InChI=1S/C30H28N2O4S2/c1-22-12-16-26(17-13-22)37(33,34)31-29(24-8-4-3-5-9-24)20-25-21-32(30-11-7-6-10-28(25)30)38(35,36)27-18-14-23(2)15-19-27/h3-19,21,29,31H,20H2,1-2H3. The first-order chi connectivity index (χ1) is 18.1. The zero-order chi connectivity index (χ0) is 26.9. The van der Waals surface area contributed by atoms with Crippen molar-refractivity contribution >= 4 is 30.9 Å². The predicted octanol–water partition coefficient (Wildman–Crippen LogP) is 5.76. The molecule has 5 rings (SSSR count). The Morgan fingerprint density at radius 1 is 0.684 bits per heavy atom. The fourth-order valence-corrected chi connectivity index (χ4v) is 7.12. The lowest BCUT2D eigenvalue weighted by atomic mass is 9.99. The molecule has 8 heteroatoms. The minimum atomic E-state index is -3.87. The van der Waals surface area contributed by atoms with E-state index in [1.165, 1.54) is 3.97 Å². The van der Waals surface area contributed by atoms with E-state index in [0.717, 1.165) is 27.6 Å². The summed E-state index contributed by atoms with van der Waals surface area (Å²) in [6, 6.07) is 29.4. The first-order valence-corrected chi connectivity index (χ1v) is 15.1. The van der Waals surface area contributed by atoms with Crippen molar-refractivity contribution in [2.45, 2.75) is 36.1 Å². The lowest BCUT2D eigenvalue weighted by Gasteiger charge is -2.19. The number of sulfonamides is 1. The molecule has 5 aromatic rings. The Labute approximate surface area is 223 Å². The van der Waals surface area contributed by atoms with Crippen LogP contribution in [0.4, 0.5) is 0 Å². The molecule has 1 N–H and O–H groups in total. The predicted molar refractivity (Wildman–Crippen MR) is 150 cm³/mol. The Kier molecular flexibility index (Phi) is 6.96. The summed E-state index contributed by atoms with van der Waals surface area (Å²) in [5.41, 5.74) is 3.97. The first kappa shape index (κ1) is 25.9. The van der Waals surface area contributed by atoms with Crippen molar-refractivity contribution in [2.24, 2.45) is 0 Å². The molecule has 0 saturated heterocycles. The van der Waals surface area contributed by atoms with Gasteiger partial charge in [-0.3, -0.25) is 0 Å². The number of aryl methyl sites for hydroxylation is 2. The molecule has 0 aliphatic carbocycles. The Balaban J connectivity index is 1.58. The Morgan fingerprint density at radius 3 is 1.87 bits per heavy atom. The van der Waals surface area contributed by atoms with Gasteiger partial charge in [-0.05, 0) is 61.7 Å². The first-order valence-electron chi connectivity index (χ1n) is 12.2. The van der Waals surface area contributed by atoms with E-state index in [1.54, 1.807) is 66.9 Å². The highest BCUT2D eigenvalue weighted by Crippen LogP contribution is 2.30. The molecule has 6 nitrogen and oxygen atoms in total. The third-order valence-electron chi connectivity index (χ3n) is 6.59. The van der Waals surface area contributed by atoms with Crippen LogP contribution in [0.25, 0.3) is 10.9 Å². The minimum Gasteiger partial charge on any atom is -0.241 e. The highest BCUT2D eigenvalue weighted by molar-refractivity contribution is 7.90. The molecule has 0 fully saturated rings. The van der Waals surface area contributed by atoms with Crippen LogP contribution in [0.2, 0.25) is 0 Å². The Hall–Kier alpha value is -3.72. The number of nitrogens with one attached hydrogen (secondary N) is 1. The van der Waals surface area contributed by atoms with Crippen molar-refractivity contribution in [1.82, 2.24) is 8.69 Å². The van der Waals surface area contributed by atoms with E-state index in [-0.39, 0.29) is 16.2 Å². The van der Waals surface area contributed by atoms with E-state index in [0.29, 0.717) is 5.52 Å². The fraction of sp³-hybridized carbons (Fsp3) is 0.133. The molecule has 1 heterocycles. The summed E-state index contributed by atoms with van der Waals surface area (Å²) in [4.78, 5) is 0.364. The Morgan fingerprint density at radius 2 is 1.24 bits per heavy atom. The van der Waals surface area contributed by atoms with Gasteiger partial charge in [0.1, 0.15) is 0 Å². The van der Waals surface area contributed by atoms with Gasteiger partial charge in [0, 0.05) is 11.6 Å². The summed E-state index contributed by atoms with van der Waals surface area (Å²) in [5, 5.41) is 0.749. The van der Waals surface area contributed by atoms with E-state index in [2.05, 4.69) is 4.72 Å². The van der Waals surface area contributed by atoms with Crippen LogP contribution in [0.3, 0.4) is 0 Å². The van der Waals surface area contributed by atoms with Crippen molar-refractivity contribution in [2.75, 3.05) is 0 Å². The van der Waals surface area contributed by atoms with Gasteiger partial charge in [0.2, 0.25) is 10.0 Å². The lowest BCUT2D eigenvalue weighted by molar-refractivity contribution is 0.554. The highest BCUT2D eigenvalue weighted by atomic mass is 32.2. The zero-order valence-electron chi connectivity index (χ0n) is 21.1.